The molecule has 0 radical (unpaired) electrons. The molecule has 1 fully saturated rings. The molecule has 2 aliphatic heterocycles. The van der Waals surface area contributed by atoms with E-state index in [0.29, 0.717) is 11.5 Å². The quantitative estimate of drug-likeness (QED) is 0.321. The number of aliphatic hydroxyl groups is 2. The van der Waals surface area contributed by atoms with Crippen molar-refractivity contribution >= 4 is 30.3 Å². The van der Waals surface area contributed by atoms with E-state index in [0.717, 1.165) is 0 Å². The highest BCUT2D eigenvalue weighted by Gasteiger charge is 2.45. The number of imidazole rings is 1. The van der Waals surface area contributed by atoms with Gasteiger partial charge in [0.05, 0.1) is 12.9 Å². The lowest BCUT2D eigenvalue weighted by Crippen LogP contribution is -2.35. The first-order valence-corrected chi connectivity index (χ1v) is 9.34. The van der Waals surface area contributed by atoms with Gasteiger partial charge >= 0.3 is 0 Å². The van der Waals surface area contributed by atoms with Crippen molar-refractivity contribution in [2.45, 2.75) is 30.7 Å². The van der Waals surface area contributed by atoms with E-state index in [4.69, 9.17) is 16.2 Å². The Kier molecular flexibility index (Phi) is 4.63. The summed E-state index contributed by atoms with van der Waals surface area (Å²) >= 11 is 4.11. The van der Waals surface area contributed by atoms with Crippen LogP contribution in [-0.4, -0.2) is 50.6 Å². The van der Waals surface area contributed by atoms with Crippen molar-refractivity contribution in [2.75, 3.05) is 11.9 Å². The van der Waals surface area contributed by atoms with E-state index >= 15 is 0 Å². The lowest BCUT2D eigenvalue weighted by Gasteiger charge is -2.35. The molecule has 7 N–H and O–H groups in total. The highest BCUT2D eigenvalue weighted by molar-refractivity contribution is 8.05. The van der Waals surface area contributed by atoms with Gasteiger partial charge in [0.15, 0.2) is 12.2 Å². The molecule has 0 aliphatic carbocycles. The van der Waals surface area contributed by atoms with Crippen molar-refractivity contribution in [1.29, 1.82) is 0 Å². The minimum Gasteiger partial charge on any atom is -0.812 e. The number of hydrogen-bond donors (Lipinski definition) is 5. The maximum atomic E-state index is 10.9. The summed E-state index contributed by atoms with van der Waals surface area (Å²) in [6.07, 6.45) is -4.37. The molecule has 3 rings (SSSR count). The van der Waals surface area contributed by atoms with Crippen LogP contribution in [0.25, 0.3) is 0 Å². The fourth-order valence-corrected chi connectivity index (χ4v) is 3.05. The van der Waals surface area contributed by atoms with Crippen LogP contribution in [0.2, 0.25) is 0 Å². The minimum absolute atomic E-state index is 0.0584. The summed E-state index contributed by atoms with van der Waals surface area (Å²) < 4.78 is 11.3. The Morgan fingerprint density at radius 1 is 1.46 bits per heavy atom. The summed E-state index contributed by atoms with van der Waals surface area (Å²) in [7, 11) is 0. The Labute approximate surface area is 141 Å². The second-order valence-corrected chi connectivity index (χ2v) is 7.75. The zero-order valence-corrected chi connectivity index (χ0v) is 13.8. The topological polar surface area (TPSA) is 199 Å². The van der Waals surface area contributed by atoms with Gasteiger partial charge in [0.1, 0.15) is 36.0 Å². The first-order valence-electron chi connectivity index (χ1n) is 6.78. The molecule has 12 nitrogen and oxygen atoms in total. The van der Waals surface area contributed by atoms with Crippen LogP contribution in [0, 0.1) is 0 Å². The standard InChI is InChI=1S/C10H17N6O6PS/c11-7-4-8(15-10(12)14-7)16(2-13-4)9-6(18)5(17)3(22-9)1-21-23(19,20)24/h2-3,5-7,9,17-18H,1,11H2,(H3,12,14,15)(H2,19,20,24)/p-2/t3-,5+,6?,7?,9-/m1/s1. The Morgan fingerprint density at radius 3 is 2.83 bits per heavy atom. The molecule has 14 heteroatoms. The number of fused-ring (bicyclic) bond motifs is 1. The summed E-state index contributed by atoms with van der Waals surface area (Å²) in [5.74, 6) is 0.411. The van der Waals surface area contributed by atoms with Crippen LogP contribution in [-0.2, 0) is 21.1 Å². The molecular formula is C10H15N6O6PS-2. The first-order chi connectivity index (χ1) is 11.2. The van der Waals surface area contributed by atoms with Crippen LogP contribution in [0.15, 0.2) is 11.3 Å². The molecule has 5 atom stereocenters. The number of hydrogen-bond acceptors (Lipinski definition) is 12. The molecule has 3 heterocycles. The van der Waals surface area contributed by atoms with Crippen molar-refractivity contribution in [3.63, 3.8) is 0 Å². The molecule has 1 saturated heterocycles. The van der Waals surface area contributed by atoms with Gasteiger partial charge in [0, 0.05) is 0 Å². The molecule has 0 aromatic carbocycles. The van der Waals surface area contributed by atoms with Crippen LogP contribution in [0.5, 0.6) is 0 Å². The fourth-order valence-electron chi connectivity index (χ4n) is 2.54. The highest BCUT2D eigenvalue weighted by Crippen LogP contribution is 2.36. The average molecular weight is 378 g/mol. The molecule has 134 valence electrons. The molecule has 0 amide bonds. The molecule has 1 aromatic rings. The van der Waals surface area contributed by atoms with Gasteiger partial charge in [-0.3, -0.25) is 4.57 Å². The van der Waals surface area contributed by atoms with Crippen LogP contribution in [0.4, 0.5) is 5.82 Å². The maximum Gasteiger partial charge on any atom is 0.196 e. The van der Waals surface area contributed by atoms with Gasteiger partial charge in [0.2, 0.25) is 0 Å². The monoisotopic (exact) mass is 378 g/mol. The van der Waals surface area contributed by atoms with E-state index in [9.17, 15) is 20.0 Å². The van der Waals surface area contributed by atoms with Crippen molar-refractivity contribution in [1.82, 2.24) is 9.55 Å². The Morgan fingerprint density at radius 2 is 2.17 bits per heavy atom. The lowest BCUT2D eigenvalue weighted by atomic mass is 10.1. The third kappa shape index (κ3) is 3.31. The molecular weight excluding hydrogens is 363 g/mol. The fraction of sp³-hybridized carbons (Fsp3) is 0.600. The van der Waals surface area contributed by atoms with E-state index in [1.807, 2.05) is 0 Å². The van der Waals surface area contributed by atoms with E-state index in [1.165, 1.54) is 10.9 Å². The molecule has 0 spiro atoms. The number of aromatic nitrogens is 2. The van der Waals surface area contributed by atoms with E-state index in [2.05, 4.69) is 31.6 Å². The number of aliphatic imine (C=N–C) groups is 1. The van der Waals surface area contributed by atoms with Gasteiger partial charge in [0.25, 0.3) is 0 Å². The van der Waals surface area contributed by atoms with E-state index in [-0.39, 0.29) is 5.96 Å². The average Bonchev–Trinajstić information content (AvgIpc) is 3.00. The Hall–Kier alpha value is -1.15. The largest absolute Gasteiger partial charge is 0.812 e. The molecule has 2 unspecified atom stereocenters. The second kappa shape index (κ2) is 6.29. The van der Waals surface area contributed by atoms with Gasteiger partial charge in [-0.2, -0.15) is 0 Å². The van der Waals surface area contributed by atoms with E-state index in [1.54, 1.807) is 0 Å². The number of nitrogens with two attached hydrogens (primary N) is 2. The summed E-state index contributed by atoms with van der Waals surface area (Å²) in [5.41, 5.74) is 11.8. The summed E-state index contributed by atoms with van der Waals surface area (Å²) in [5, 5.41) is 23.0. The number of nitrogens with one attached hydrogen (secondary N) is 1. The second-order valence-electron chi connectivity index (χ2n) is 5.26. The SMILES string of the molecule is NC1=NC(N)c2ncn([C@@H]3O[C@H](COP([O-])([O-])=S)[C@H](O)C3O)c2N1. The number of guanidine groups is 1. The van der Waals surface area contributed by atoms with Crippen molar-refractivity contribution in [3.8, 4) is 0 Å². The molecule has 0 bridgehead atoms. The summed E-state index contributed by atoms with van der Waals surface area (Å²) in [6.45, 7) is -4.92. The van der Waals surface area contributed by atoms with Crippen LogP contribution in [0.3, 0.4) is 0 Å². The zero-order valence-electron chi connectivity index (χ0n) is 12.1. The number of nitrogens with zero attached hydrogens (tertiary/aromatic N) is 3. The lowest BCUT2D eigenvalue weighted by molar-refractivity contribution is -0.322. The third-order valence-corrected chi connectivity index (χ3v) is 4.42. The van der Waals surface area contributed by atoms with Gasteiger partial charge < -0.3 is 46.0 Å². The smallest absolute Gasteiger partial charge is 0.196 e. The Bertz CT molecular complexity index is 708. The van der Waals surface area contributed by atoms with Crippen LogP contribution >= 0.6 is 6.72 Å². The number of rotatable bonds is 4. The van der Waals surface area contributed by atoms with Gasteiger partial charge in [-0.25, -0.2) is 9.98 Å². The molecule has 1 aromatic heterocycles. The molecule has 0 saturated carbocycles. The van der Waals surface area contributed by atoms with Crippen molar-refractivity contribution < 1.29 is 29.3 Å². The summed E-state index contributed by atoms with van der Waals surface area (Å²) in [6, 6.07) is 0. The number of ether oxygens (including phenoxy) is 1. The van der Waals surface area contributed by atoms with Crippen LogP contribution in [0.1, 0.15) is 18.1 Å². The minimum atomic E-state index is -4.40. The molecule has 2 aliphatic rings. The first kappa shape index (κ1) is 17.7. The van der Waals surface area contributed by atoms with Crippen LogP contribution < -0.4 is 26.6 Å². The van der Waals surface area contributed by atoms with E-state index < -0.39 is 44.0 Å². The Balaban J connectivity index is 1.80. The van der Waals surface area contributed by atoms with Gasteiger partial charge in [-0.15, -0.1) is 11.8 Å². The normalized spacial score (nSPS) is 33.0. The van der Waals surface area contributed by atoms with Gasteiger partial charge in [-0.05, 0) is 0 Å². The zero-order chi connectivity index (χ0) is 17.6. The van der Waals surface area contributed by atoms with Crippen molar-refractivity contribution in [3.05, 3.63) is 12.0 Å². The predicted molar refractivity (Wildman–Crippen MR) is 80.6 cm³/mol. The summed E-state index contributed by atoms with van der Waals surface area (Å²) in [4.78, 5) is 29.8. The predicted octanol–water partition coefficient (Wildman–Crippen LogP) is -3.84. The molecule has 24 heavy (non-hydrogen) atoms. The number of aliphatic hydroxyl groups excluding tert-OH is 2. The van der Waals surface area contributed by atoms with Crippen molar-refractivity contribution in [2.24, 2.45) is 16.5 Å². The third-order valence-electron chi connectivity index (χ3n) is 3.64. The number of anilines is 1. The maximum absolute atomic E-state index is 10.9. The highest BCUT2D eigenvalue weighted by atomic mass is 32.5. The van der Waals surface area contributed by atoms with Gasteiger partial charge in [-0.1, -0.05) is 6.72 Å².